The molecule has 2 rings (SSSR count). The van der Waals surface area contributed by atoms with E-state index in [2.05, 4.69) is 36.4 Å². The van der Waals surface area contributed by atoms with Crippen LogP contribution in [0.2, 0.25) is 0 Å². The summed E-state index contributed by atoms with van der Waals surface area (Å²) in [6, 6.07) is 18.7. The summed E-state index contributed by atoms with van der Waals surface area (Å²) >= 11 is 0.326. The van der Waals surface area contributed by atoms with E-state index < -0.39 is 0 Å². The quantitative estimate of drug-likeness (QED) is 0.841. The zero-order valence-corrected chi connectivity index (χ0v) is 10.8. The average molecular weight is 277 g/mol. The van der Waals surface area contributed by atoms with Crippen LogP contribution in [0, 0.1) is 0 Å². The molecule has 1 N–H and O–H groups in total. The van der Waals surface area contributed by atoms with Crippen LogP contribution in [-0.4, -0.2) is 20.1 Å². The molecule has 1 atom stereocenters. The molecule has 0 aliphatic rings. The zero-order valence-electron chi connectivity index (χ0n) is 9.13. The van der Waals surface area contributed by atoms with Crippen LogP contribution in [0.15, 0.2) is 54.6 Å². The van der Waals surface area contributed by atoms with E-state index in [9.17, 15) is 5.11 Å². The summed E-state index contributed by atoms with van der Waals surface area (Å²) < 4.78 is 2.66. The zero-order chi connectivity index (χ0) is 11.4. The Balaban J connectivity index is 2.19. The molecule has 0 aliphatic heterocycles. The van der Waals surface area contributed by atoms with Gasteiger partial charge in [-0.15, -0.1) is 0 Å². The number of rotatable bonds is 3. The Morgan fingerprint density at radius 2 is 1.62 bits per heavy atom. The van der Waals surface area contributed by atoms with Gasteiger partial charge in [0.05, 0.1) is 0 Å². The van der Waals surface area contributed by atoms with Gasteiger partial charge in [0, 0.05) is 0 Å². The molecule has 16 heavy (non-hydrogen) atoms. The van der Waals surface area contributed by atoms with Crippen molar-refractivity contribution in [2.45, 2.75) is 13.0 Å². The molecule has 0 amide bonds. The molecule has 2 aromatic rings. The first-order chi connectivity index (χ1) is 7.75. The van der Waals surface area contributed by atoms with Gasteiger partial charge in [0.1, 0.15) is 0 Å². The van der Waals surface area contributed by atoms with E-state index in [0.29, 0.717) is 15.0 Å². The Morgan fingerprint density at radius 1 is 0.938 bits per heavy atom. The van der Waals surface area contributed by atoms with Crippen LogP contribution in [0.5, 0.6) is 0 Å². The maximum atomic E-state index is 9.52. The van der Waals surface area contributed by atoms with Crippen molar-refractivity contribution in [2.75, 3.05) is 0 Å². The SMILES string of the molecule is C[C@@H](O)c1cccc([Se]c2ccccc2)c1. The predicted octanol–water partition coefficient (Wildman–Crippen LogP) is 1.39. The molecular formula is C14H14OSe. The van der Waals surface area contributed by atoms with Crippen molar-refractivity contribution in [3.05, 3.63) is 60.2 Å². The Morgan fingerprint density at radius 3 is 2.31 bits per heavy atom. The normalized spacial score (nSPS) is 12.4. The van der Waals surface area contributed by atoms with Gasteiger partial charge in [0.15, 0.2) is 0 Å². The minimum atomic E-state index is -0.383. The van der Waals surface area contributed by atoms with Crippen molar-refractivity contribution in [1.82, 2.24) is 0 Å². The predicted molar refractivity (Wildman–Crippen MR) is 68.5 cm³/mol. The third kappa shape index (κ3) is 2.96. The standard InChI is InChI=1S/C14H14OSe/c1-11(15)12-6-5-9-14(10-12)16-13-7-3-2-4-8-13/h2-11,15H,1H3/t11-/m1/s1. The molecule has 2 heteroatoms. The second-order valence-corrected chi connectivity index (χ2v) is 6.07. The first kappa shape index (κ1) is 11.4. The fourth-order valence-electron chi connectivity index (χ4n) is 1.46. The maximum absolute atomic E-state index is 9.52. The molecule has 0 bridgehead atoms. The van der Waals surface area contributed by atoms with E-state index in [1.165, 1.54) is 8.92 Å². The summed E-state index contributed by atoms with van der Waals surface area (Å²) in [5.74, 6) is 0. The summed E-state index contributed by atoms with van der Waals surface area (Å²) in [5, 5.41) is 9.52. The van der Waals surface area contributed by atoms with Crippen LogP contribution in [0.3, 0.4) is 0 Å². The molecule has 0 saturated carbocycles. The van der Waals surface area contributed by atoms with Gasteiger partial charge in [0.25, 0.3) is 0 Å². The summed E-state index contributed by atoms with van der Waals surface area (Å²) in [5.41, 5.74) is 0.996. The molecule has 82 valence electrons. The summed E-state index contributed by atoms with van der Waals surface area (Å²) in [6.45, 7) is 1.80. The van der Waals surface area contributed by atoms with E-state index in [1.54, 1.807) is 6.92 Å². The van der Waals surface area contributed by atoms with Gasteiger partial charge in [0.2, 0.25) is 0 Å². The van der Waals surface area contributed by atoms with Crippen molar-refractivity contribution < 1.29 is 5.11 Å². The molecule has 0 spiro atoms. The van der Waals surface area contributed by atoms with Gasteiger partial charge in [-0.1, -0.05) is 0 Å². The van der Waals surface area contributed by atoms with Crippen molar-refractivity contribution in [2.24, 2.45) is 0 Å². The Bertz CT molecular complexity index is 451. The first-order valence-electron chi connectivity index (χ1n) is 5.26. The van der Waals surface area contributed by atoms with Gasteiger partial charge in [-0.2, -0.15) is 0 Å². The number of hydrogen-bond donors (Lipinski definition) is 1. The van der Waals surface area contributed by atoms with Crippen molar-refractivity contribution in [3.8, 4) is 0 Å². The van der Waals surface area contributed by atoms with E-state index in [4.69, 9.17) is 0 Å². The first-order valence-corrected chi connectivity index (χ1v) is 6.98. The van der Waals surface area contributed by atoms with Gasteiger partial charge in [-0.3, -0.25) is 0 Å². The van der Waals surface area contributed by atoms with Gasteiger partial charge < -0.3 is 0 Å². The van der Waals surface area contributed by atoms with Crippen LogP contribution in [0.25, 0.3) is 0 Å². The number of aliphatic hydroxyl groups is 1. The van der Waals surface area contributed by atoms with Gasteiger partial charge in [-0.05, 0) is 0 Å². The summed E-state index contributed by atoms with van der Waals surface area (Å²) in [6.07, 6.45) is -0.383. The topological polar surface area (TPSA) is 20.2 Å². The fourth-order valence-corrected chi connectivity index (χ4v) is 3.37. The molecule has 0 aliphatic carbocycles. The number of hydrogen-bond acceptors (Lipinski definition) is 1. The minimum absolute atomic E-state index is 0.326. The molecule has 1 nitrogen and oxygen atoms in total. The monoisotopic (exact) mass is 278 g/mol. The van der Waals surface area contributed by atoms with E-state index in [0.717, 1.165) is 5.56 Å². The molecule has 0 fully saturated rings. The average Bonchev–Trinajstić information content (AvgIpc) is 2.30. The fraction of sp³-hybridized carbons (Fsp3) is 0.143. The Hall–Kier alpha value is -1.08. The molecule has 0 unspecified atom stereocenters. The molecule has 2 aromatic carbocycles. The van der Waals surface area contributed by atoms with Crippen molar-refractivity contribution >= 4 is 23.9 Å². The number of benzene rings is 2. The molecule has 0 aromatic heterocycles. The van der Waals surface area contributed by atoms with E-state index >= 15 is 0 Å². The molecule has 0 saturated heterocycles. The summed E-state index contributed by atoms with van der Waals surface area (Å²) in [4.78, 5) is 0. The molecule has 0 radical (unpaired) electrons. The van der Waals surface area contributed by atoms with Crippen LogP contribution in [0.4, 0.5) is 0 Å². The van der Waals surface area contributed by atoms with E-state index in [-0.39, 0.29) is 6.10 Å². The van der Waals surface area contributed by atoms with Crippen molar-refractivity contribution in [3.63, 3.8) is 0 Å². The van der Waals surface area contributed by atoms with Crippen LogP contribution >= 0.6 is 0 Å². The van der Waals surface area contributed by atoms with Crippen LogP contribution < -0.4 is 8.92 Å². The molecular weight excluding hydrogens is 263 g/mol. The van der Waals surface area contributed by atoms with Gasteiger partial charge in [-0.25, -0.2) is 0 Å². The summed E-state index contributed by atoms with van der Waals surface area (Å²) in [7, 11) is 0. The second-order valence-electron chi connectivity index (χ2n) is 3.66. The Kier molecular flexibility index (Phi) is 3.78. The molecule has 0 heterocycles. The number of aliphatic hydroxyl groups excluding tert-OH is 1. The van der Waals surface area contributed by atoms with Gasteiger partial charge >= 0.3 is 102 Å². The van der Waals surface area contributed by atoms with Crippen molar-refractivity contribution in [1.29, 1.82) is 0 Å². The third-order valence-electron chi connectivity index (χ3n) is 2.32. The van der Waals surface area contributed by atoms with Crippen LogP contribution in [0.1, 0.15) is 18.6 Å². The van der Waals surface area contributed by atoms with Crippen LogP contribution in [-0.2, 0) is 0 Å². The second kappa shape index (κ2) is 5.31. The third-order valence-corrected chi connectivity index (χ3v) is 4.41. The van der Waals surface area contributed by atoms with E-state index in [1.807, 2.05) is 18.2 Å². The Labute approximate surface area is 102 Å².